The van der Waals surface area contributed by atoms with Gasteiger partial charge in [0.25, 0.3) is 0 Å². The predicted octanol–water partition coefficient (Wildman–Crippen LogP) is 4.10. The first-order valence-corrected chi connectivity index (χ1v) is 8.19. The van der Waals surface area contributed by atoms with Crippen LogP contribution < -0.4 is 10.1 Å². The largest absolute Gasteiger partial charge is 0.494 e. The molecule has 0 unspecified atom stereocenters. The molecule has 0 fully saturated rings. The van der Waals surface area contributed by atoms with Gasteiger partial charge in [-0.25, -0.2) is 19.0 Å². The Hall–Kier alpha value is -3.48. The number of halogens is 1. The van der Waals surface area contributed by atoms with Gasteiger partial charge in [-0.3, -0.25) is 0 Å². The monoisotopic (exact) mass is 349 g/mol. The summed E-state index contributed by atoms with van der Waals surface area (Å²) < 4.78 is 20.5. The van der Waals surface area contributed by atoms with E-state index in [-0.39, 0.29) is 5.82 Å². The maximum absolute atomic E-state index is 13.5. The van der Waals surface area contributed by atoms with Crippen LogP contribution in [0, 0.1) is 5.82 Å². The molecule has 0 spiro atoms. The van der Waals surface area contributed by atoms with Gasteiger partial charge in [-0.05, 0) is 49.4 Å². The summed E-state index contributed by atoms with van der Waals surface area (Å²) in [7, 11) is 0. The SMILES string of the molecule is CCOc1ccc(Nc2ncnc3c2cnn3-c2cccc(F)c2)cc1. The number of anilines is 2. The molecule has 2 aromatic heterocycles. The van der Waals surface area contributed by atoms with Crippen LogP contribution in [0.15, 0.2) is 61.1 Å². The van der Waals surface area contributed by atoms with Crippen LogP contribution in [0.25, 0.3) is 16.7 Å². The summed E-state index contributed by atoms with van der Waals surface area (Å²) in [5, 5.41) is 8.33. The van der Waals surface area contributed by atoms with Crippen LogP contribution in [0.4, 0.5) is 15.9 Å². The number of benzene rings is 2. The summed E-state index contributed by atoms with van der Waals surface area (Å²) in [6, 6.07) is 13.8. The Labute approximate surface area is 149 Å². The second-order valence-electron chi connectivity index (χ2n) is 5.58. The van der Waals surface area contributed by atoms with E-state index in [0.29, 0.717) is 23.8 Å². The predicted molar refractivity (Wildman–Crippen MR) is 97.5 cm³/mol. The number of fused-ring (bicyclic) bond motifs is 1. The smallest absolute Gasteiger partial charge is 0.168 e. The Kier molecular flexibility index (Phi) is 4.18. The zero-order chi connectivity index (χ0) is 17.9. The van der Waals surface area contributed by atoms with Crippen LogP contribution in [-0.2, 0) is 0 Å². The highest BCUT2D eigenvalue weighted by atomic mass is 19.1. The van der Waals surface area contributed by atoms with Crippen LogP contribution in [0.2, 0.25) is 0 Å². The third-order valence-electron chi connectivity index (χ3n) is 3.85. The van der Waals surface area contributed by atoms with Crippen LogP contribution in [0.5, 0.6) is 5.75 Å². The van der Waals surface area contributed by atoms with Gasteiger partial charge < -0.3 is 10.1 Å². The number of nitrogens with one attached hydrogen (secondary N) is 1. The van der Waals surface area contributed by atoms with Crippen LogP contribution in [0.3, 0.4) is 0 Å². The quantitative estimate of drug-likeness (QED) is 0.588. The molecule has 2 aromatic carbocycles. The molecule has 26 heavy (non-hydrogen) atoms. The van der Waals surface area contributed by atoms with Crippen LogP contribution in [-0.4, -0.2) is 26.4 Å². The average molecular weight is 349 g/mol. The van der Waals surface area contributed by atoms with Crippen molar-refractivity contribution in [2.75, 3.05) is 11.9 Å². The number of hydrogen-bond acceptors (Lipinski definition) is 5. The summed E-state index contributed by atoms with van der Waals surface area (Å²) >= 11 is 0. The van der Waals surface area contributed by atoms with Crippen molar-refractivity contribution in [2.45, 2.75) is 6.92 Å². The van der Waals surface area contributed by atoms with Gasteiger partial charge in [0.15, 0.2) is 5.65 Å². The van der Waals surface area contributed by atoms with Gasteiger partial charge in [0.2, 0.25) is 0 Å². The minimum Gasteiger partial charge on any atom is -0.494 e. The number of rotatable bonds is 5. The Morgan fingerprint density at radius 2 is 1.96 bits per heavy atom. The highest BCUT2D eigenvalue weighted by Gasteiger charge is 2.11. The molecule has 0 saturated carbocycles. The van der Waals surface area contributed by atoms with Crippen molar-refractivity contribution < 1.29 is 9.13 Å². The van der Waals surface area contributed by atoms with E-state index in [4.69, 9.17) is 4.74 Å². The summed E-state index contributed by atoms with van der Waals surface area (Å²) in [5.41, 5.74) is 2.07. The fraction of sp³-hybridized carbons (Fsp3) is 0.105. The standard InChI is InChI=1S/C19H16FN5O/c1-2-26-16-8-6-14(7-9-16)24-18-17-11-23-25(19(17)22-12-21-18)15-5-3-4-13(20)10-15/h3-12H,2H2,1H3,(H,21,22,24). The van der Waals surface area contributed by atoms with Gasteiger partial charge >= 0.3 is 0 Å². The van der Waals surface area contributed by atoms with Crippen molar-refractivity contribution in [2.24, 2.45) is 0 Å². The highest BCUT2D eigenvalue weighted by molar-refractivity contribution is 5.89. The highest BCUT2D eigenvalue weighted by Crippen LogP contribution is 2.25. The van der Waals surface area contributed by atoms with Crippen molar-refractivity contribution in [1.82, 2.24) is 19.7 Å². The fourth-order valence-electron chi connectivity index (χ4n) is 2.68. The normalized spacial score (nSPS) is 10.8. The third kappa shape index (κ3) is 3.06. The van der Waals surface area contributed by atoms with E-state index in [1.807, 2.05) is 31.2 Å². The molecular weight excluding hydrogens is 333 g/mol. The molecule has 0 amide bonds. The van der Waals surface area contributed by atoms with Gasteiger partial charge in [-0.2, -0.15) is 5.10 Å². The van der Waals surface area contributed by atoms with E-state index in [2.05, 4.69) is 20.4 Å². The summed E-state index contributed by atoms with van der Waals surface area (Å²) in [6.45, 7) is 2.57. The minimum atomic E-state index is -0.326. The molecule has 0 aliphatic rings. The number of ether oxygens (including phenoxy) is 1. The molecule has 0 radical (unpaired) electrons. The van der Waals surface area contributed by atoms with Gasteiger partial charge in [0.1, 0.15) is 23.7 Å². The van der Waals surface area contributed by atoms with E-state index in [1.54, 1.807) is 23.0 Å². The molecule has 0 saturated heterocycles. The third-order valence-corrected chi connectivity index (χ3v) is 3.85. The number of hydrogen-bond donors (Lipinski definition) is 1. The average Bonchev–Trinajstić information content (AvgIpc) is 3.09. The van der Waals surface area contributed by atoms with Crippen molar-refractivity contribution in [3.8, 4) is 11.4 Å². The Morgan fingerprint density at radius 3 is 2.73 bits per heavy atom. The summed E-state index contributed by atoms with van der Waals surface area (Å²) in [4.78, 5) is 8.60. The van der Waals surface area contributed by atoms with Gasteiger partial charge in [0.05, 0.1) is 23.9 Å². The van der Waals surface area contributed by atoms with E-state index in [0.717, 1.165) is 16.8 Å². The minimum absolute atomic E-state index is 0.326. The Bertz CT molecular complexity index is 1050. The molecular formula is C19H16FN5O. The fourth-order valence-corrected chi connectivity index (χ4v) is 2.68. The van der Waals surface area contributed by atoms with Crippen molar-refractivity contribution in [3.63, 3.8) is 0 Å². The molecule has 6 nitrogen and oxygen atoms in total. The maximum atomic E-state index is 13.5. The molecule has 0 atom stereocenters. The molecule has 130 valence electrons. The molecule has 4 aromatic rings. The second kappa shape index (κ2) is 6.79. The van der Waals surface area contributed by atoms with E-state index >= 15 is 0 Å². The van der Waals surface area contributed by atoms with Crippen LogP contribution >= 0.6 is 0 Å². The lowest BCUT2D eigenvalue weighted by Gasteiger charge is -2.08. The molecule has 0 aliphatic carbocycles. The lowest BCUT2D eigenvalue weighted by Crippen LogP contribution is -2.00. The Balaban J connectivity index is 1.68. The Morgan fingerprint density at radius 1 is 1.12 bits per heavy atom. The first kappa shape index (κ1) is 16.0. The van der Waals surface area contributed by atoms with E-state index in [1.165, 1.54) is 18.5 Å². The van der Waals surface area contributed by atoms with Crippen LogP contribution in [0.1, 0.15) is 6.92 Å². The van der Waals surface area contributed by atoms with Gasteiger partial charge in [-0.15, -0.1) is 0 Å². The molecule has 4 rings (SSSR count). The molecule has 0 bridgehead atoms. The molecule has 1 N–H and O–H groups in total. The second-order valence-corrected chi connectivity index (χ2v) is 5.58. The van der Waals surface area contributed by atoms with Crippen molar-refractivity contribution in [3.05, 3.63) is 66.9 Å². The first-order valence-electron chi connectivity index (χ1n) is 8.19. The summed E-state index contributed by atoms with van der Waals surface area (Å²) in [5.74, 6) is 1.11. The lowest BCUT2D eigenvalue weighted by molar-refractivity contribution is 0.340. The molecule has 2 heterocycles. The van der Waals surface area contributed by atoms with E-state index in [9.17, 15) is 4.39 Å². The van der Waals surface area contributed by atoms with Crippen molar-refractivity contribution in [1.29, 1.82) is 0 Å². The van der Waals surface area contributed by atoms with Gasteiger partial charge in [0, 0.05) is 5.69 Å². The zero-order valence-electron chi connectivity index (χ0n) is 14.1. The first-order chi connectivity index (χ1) is 12.7. The summed E-state index contributed by atoms with van der Waals surface area (Å²) in [6.07, 6.45) is 3.12. The lowest BCUT2D eigenvalue weighted by atomic mass is 10.3. The molecule has 7 heteroatoms. The maximum Gasteiger partial charge on any atom is 0.168 e. The van der Waals surface area contributed by atoms with E-state index < -0.39 is 0 Å². The van der Waals surface area contributed by atoms with Gasteiger partial charge in [-0.1, -0.05) is 6.07 Å². The van der Waals surface area contributed by atoms with Crippen molar-refractivity contribution >= 4 is 22.5 Å². The molecule has 0 aliphatic heterocycles. The zero-order valence-corrected chi connectivity index (χ0v) is 14.1. The number of nitrogens with zero attached hydrogens (tertiary/aromatic N) is 4. The number of aromatic nitrogens is 4. The topological polar surface area (TPSA) is 64.9 Å².